The number of unbranched alkanes of at least 4 members (excludes halogenated alkanes) is 6. The van der Waals surface area contributed by atoms with Gasteiger partial charge < -0.3 is 30.2 Å². The molecule has 1 aliphatic rings. The molecule has 1 saturated heterocycles. The molecule has 0 aliphatic carbocycles. The van der Waals surface area contributed by atoms with Crippen LogP contribution >= 0.6 is 0 Å². The van der Waals surface area contributed by atoms with Gasteiger partial charge in [-0.25, -0.2) is 4.79 Å². The molecule has 1 amide bonds. The number of nitrogens with one attached hydrogen (secondary N) is 3. The van der Waals surface area contributed by atoms with Gasteiger partial charge in [0.1, 0.15) is 11.4 Å². The summed E-state index contributed by atoms with van der Waals surface area (Å²) in [4.78, 5) is 29.6. The lowest BCUT2D eigenvalue weighted by molar-refractivity contribution is -0.0163. The Bertz CT molecular complexity index is 1670. The van der Waals surface area contributed by atoms with E-state index >= 15 is 0 Å². The number of aromatic amines is 1. The van der Waals surface area contributed by atoms with Gasteiger partial charge in [-0.05, 0) is 75.0 Å². The zero-order valence-corrected chi connectivity index (χ0v) is 28.0. The summed E-state index contributed by atoms with van der Waals surface area (Å²) in [7, 11) is 0. The molecule has 2 heterocycles. The van der Waals surface area contributed by atoms with Crippen molar-refractivity contribution in [2.45, 2.75) is 76.4 Å². The Balaban J connectivity index is 0.894. The monoisotopic (exact) mass is 654 g/mol. The van der Waals surface area contributed by atoms with E-state index < -0.39 is 17.8 Å². The first-order valence-corrected chi connectivity index (χ1v) is 17.4. The lowest BCUT2D eigenvalue weighted by Gasteiger charge is -2.38. The summed E-state index contributed by atoms with van der Waals surface area (Å²) in [5.74, 6) is -0.00332. The smallest absolute Gasteiger partial charge is 0.412 e. The minimum absolute atomic E-state index is 0.00332. The van der Waals surface area contributed by atoms with Crippen molar-refractivity contribution in [1.82, 2.24) is 15.2 Å². The van der Waals surface area contributed by atoms with Gasteiger partial charge in [0.2, 0.25) is 5.56 Å². The minimum Gasteiger partial charge on any atom is -0.506 e. The first-order chi connectivity index (χ1) is 23.3. The molecule has 256 valence electrons. The molecule has 48 heavy (non-hydrogen) atoms. The van der Waals surface area contributed by atoms with E-state index in [2.05, 4.69) is 20.5 Å². The molecule has 1 fully saturated rings. The highest BCUT2D eigenvalue weighted by molar-refractivity contribution is 5.91. The Hall–Kier alpha value is -4.18. The fourth-order valence-corrected chi connectivity index (χ4v) is 6.54. The quantitative estimate of drug-likeness (QED) is 0.0800. The van der Waals surface area contributed by atoms with Gasteiger partial charge in [0, 0.05) is 36.7 Å². The van der Waals surface area contributed by atoms with E-state index in [1.807, 2.05) is 61.5 Å². The lowest BCUT2D eigenvalue weighted by Crippen LogP contribution is -2.46. The molecule has 0 bridgehead atoms. The van der Waals surface area contributed by atoms with Crippen LogP contribution in [0.3, 0.4) is 0 Å². The van der Waals surface area contributed by atoms with Gasteiger partial charge in [0.05, 0.1) is 17.3 Å². The summed E-state index contributed by atoms with van der Waals surface area (Å²) in [6.45, 7) is 6.27. The standard InChI is InChI=1S/C39H50N4O5/c1-39(48-38(47)41-33-17-11-10-16-30(33)29-14-8-7-9-15-29)22-26-43(27-23-39)25-13-6-4-2-3-5-12-24-40-28-35(45)31-18-20-34(44)37-32(31)19-21-36(46)42-37/h7-11,14-21,35,40,44-45H,2-6,12-13,22-28H2,1H3,(H,41,47)(H,42,46)/t35-/m0/s1. The van der Waals surface area contributed by atoms with E-state index in [1.165, 1.54) is 44.2 Å². The number of aromatic hydroxyl groups is 1. The van der Waals surface area contributed by atoms with Crippen molar-refractivity contribution in [3.63, 3.8) is 0 Å². The van der Waals surface area contributed by atoms with Crippen LogP contribution in [0, 0.1) is 0 Å². The Morgan fingerprint density at radius 1 is 0.896 bits per heavy atom. The van der Waals surface area contributed by atoms with Crippen LogP contribution in [0.25, 0.3) is 22.0 Å². The number of phenols is 1. The summed E-state index contributed by atoms with van der Waals surface area (Å²) in [5, 5.41) is 27.7. The molecule has 9 heteroatoms. The number of likely N-dealkylation sites (tertiary alicyclic amines) is 1. The number of anilines is 1. The summed E-state index contributed by atoms with van der Waals surface area (Å²) in [6, 6.07) is 24.1. The van der Waals surface area contributed by atoms with E-state index in [1.54, 1.807) is 12.1 Å². The number of para-hydroxylation sites is 1. The minimum atomic E-state index is -0.729. The van der Waals surface area contributed by atoms with E-state index in [0.29, 0.717) is 23.0 Å². The van der Waals surface area contributed by atoms with Gasteiger partial charge in [-0.2, -0.15) is 0 Å². The van der Waals surface area contributed by atoms with Crippen molar-refractivity contribution in [3.05, 3.63) is 94.8 Å². The van der Waals surface area contributed by atoms with E-state index in [4.69, 9.17) is 4.74 Å². The normalized spacial score (nSPS) is 15.3. The summed E-state index contributed by atoms with van der Waals surface area (Å²) >= 11 is 0. The number of carbonyl (C=O) groups excluding carboxylic acids is 1. The number of H-pyrrole nitrogens is 1. The average Bonchev–Trinajstić information content (AvgIpc) is 3.09. The topological polar surface area (TPSA) is 127 Å². The number of rotatable bonds is 16. The number of aliphatic hydroxyl groups is 1. The van der Waals surface area contributed by atoms with Crippen molar-refractivity contribution in [1.29, 1.82) is 0 Å². The van der Waals surface area contributed by atoms with E-state index in [-0.39, 0.29) is 11.3 Å². The van der Waals surface area contributed by atoms with Crippen LogP contribution in [0.4, 0.5) is 10.5 Å². The van der Waals surface area contributed by atoms with Crippen LogP contribution in [0.15, 0.2) is 83.7 Å². The third-order valence-electron chi connectivity index (χ3n) is 9.43. The maximum atomic E-state index is 12.9. The summed E-state index contributed by atoms with van der Waals surface area (Å²) in [6.07, 6.45) is 8.84. The van der Waals surface area contributed by atoms with Crippen LogP contribution in [0.2, 0.25) is 0 Å². The molecule has 1 aromatic heterocycles. The number of piperidine rings is 1. The number of ether oxygens (including phenoxy) is 1. The lowest BCUT2D eigenvalue weighted by atomic mass is 9.93. The molecule has 0 unspecified atom stereocenters. The number of hydrogen-bond acceptors (Lipinski definition) is 7. The van der Waals surface area contributed by atoms with Crippen LogP contribution in [0.1, 0.15) is 76.4 Å². The van der Waals surface area contributed by atoms with Crippen LogP contribution in [-0.2, 0) is 4.74 Å². The van der Waals surface area contributed by atoms with Gasteiger partial charge in [0.15, 0.2) is 0 Å². The zero-order valence-electron chi connectivity index (χ0n) is 28.0. The predicted octanol–water partition coefficient (Wildman–Crippen LogP) is 7.36. The number of amides is 1. The van der Waals surface area contributed by atoms with Crippen molar-refractivity contribution in [2.24, 2.45) is 0 Å². The molecular formula is C39H50N4O5. The number of fused-ring (bicyclic) bond motifs is 1. The Labute approximate surface area is 283 Å². The van der Waals surface area contributed by atoms with Gasteiger partial charge >= 0.3 is 6.09 Å². The van der Waals surface area contributed by atoms with Gasteiger partial charge in [-0.1, -0.05) is 86.7 Å². The summed E-state index contributed by atoms with van der Waals surface area (Å²) in [5.41, 5.74) is 3.07. The predicted molar refractivity (Wildman–Crippen MR) is 192 cm³/mol. The zero-order chi connectivity index (χ0) is 33.8. The van der Waals surface area contributed by atoms with Crippen molar-refractivity contribution in [2.75, 3.05) is 38.0 Å². The highest BCUT2D eigenvalue weighted by Gasteiger charge is 2.33. The van der Waals surface area contributed by atoms with Crippen LogP contribution in [-0.4, -0.2) is 64.5 Å². The van der Waals surface area contributed by atoms with Crippen molar-refractivity contribution < 1.29 is 19.7 Å². The van der Waals surface area contributed by atoms with Crippen molar-refractivity contribution >= 4 is 22.7 Å². The first-order valence-electron chi connectivity index (χ1n) is 17.4. The largest absolute Gasteiger partial charge is 0.506 e. The van der Waals surface area contributed by atoms with Gasteiger partial charge in [-0.15, -0.1) is 0 Å². The highest BCUT2D eigenvalue weighted by Crippen LogP contribution is 2.31. The Morgan fingerprint density at radius 2 is 1.58 bits per heavy atom. The number of nitrogens with zero attached hydrogens (tertiary/aromatic N) is 1. The second-order valence-electron chi connectivity index (χ2n) is 13.2. The van der Waals surface area contributed by atoms with E-state index in [9.17, 15) is 19.8 Å². The molecule has 1 atom stereocenters. The molecule has 4 aromatic rings. The molecule has 5 rings (SSSR count). The number of aromatic nitrogens is 1. The van der Waals surface area contributed by atoms with Crippen molar-refractivity contribution in [3.8, 4) is 16.9 Å². The number of hydrogen-bond donors (Lipinski definition) is 5. The highest BCUT2D eigenvalue weighted by atomic mass is 16.6. The number of aliphatic hydroxyl groups excluding tert-OH is 1. The fraction of sp³-hybridized carbons (Fsp3) is 0.436. The molecular weight excluding hydrogens is 604 g/mol. The Kier molecular flexibility index (Phi) is 12.7. The van der Waals surface area contributed by atoms with Crippen LogP contribution < -0.4 is 16.2 Å². The second kappa shape index (κ2) is 17.3. The third-order valence-corrected chi connectivity index (χ3v) is 9.43. The summed E-state index contributed by atoms with van der Waals surface area (Å²) < 4.78 is 5.97. The Morgan fingerprint density at radius 3 is 2.35 bits per heavy atom. The maximum absolute atomic E-state index is 12.9. The van der Waals surface area contributed by atoms with Gasteiger partial charge in [0.25, 0.3) is 0 Å². The molecule has 0 saturated carbocycles. The molecule has 0 spiro atoms. The SMILES string of the molecule is CC1(OC(=O)Nc2ccccc2-c2ccccc2)CCN(CCCCCCCCCNC[C@H](O)c2ccc(O)c3[nH]c(=O)ccc23)CC1. The maximum Gasteiger partial charge on any atom is 0.412 e. The number of phenolic OH excluding ortho intramolecular Hbond substituents is 1. The third kappa shape index (κ3) is 9.92. The first kappa shape index (κ1) is 35.1. The number of carbonyl (C=O) groups is 1. The average molecular weight is 655 g/mol. The second-order valence-corrected chi connectivity index (χ2v) is 13.2. The van der Waals surface area contributed by atoms with Crippen LogP contribution in [0.5, 0.6) is 5.75 Å². The molecule has 9 nitrogen and oxygen atoms in total. The number of pyridine rings is 1. The molecule has 3 aromatic carbocycles. The van der Waals surface area contributed by atoms with Gasteiger partial charge in [-0.3, -0.25) is 10.1 Å². The number of benzene rings is 3. The molecule has 0 radical (unpaired) electrons. The van der Waals surface area contributed by atoms with E-state index in [0.717, 1.165) is 68.7 Å². The molecule has 1 aliphatic heterocycles. The molecule has 5 N–H and O–H groups in total. The fourth-order valence-electron chi connectivity index (χ4n) is 6.54.